The molecule has 0 bridgehead atoms. The van der Waals surface area contributed by atoms with E-state index < -0.39 is 5.54 Å². The molecule has 122 valence electrons. The van der Waals surface area contributed by atoms with Crippen LogP contribution < -0.4 is 10.6 Å². The van der Waals surface area contributed by atoms with E-state index in [4.69, 9.17) is 0 Å². The normalized spacial score (nSPS) is 17.5. The number of nitrogens with zero attached hydrogens (tertiary/aromatic N) is 1. The zero-order valence-electron chi connectivity index (χ0n) is 13.7. The van der Waals surface area contributed by atoms with E-state index in [-0.39, 0.29) is 17.8 Å². The number of aromatic nitrogens is 1. The standard InChI is InChI=1S/C17H26FN3O/c1-12(15-9-8-14(18)11-19-15)21-17(2,3)16(22)20-10-13-6-4-5-7-13/h8-9,11-13,21H,4-7,10H2,1-3H3,(H,20,22)/t12-/m1/s1. The van der Waals surface area contributed by atoms with Crippen molar-refractivity contribution in [1.29, 1.82) is 0 Å². The first kappa shape index (κ1) is 16.9. The maximum atomic E-state index is 12.9. The highest BCUT2D eigenvalue weighted by Gasteiger charge is 2.30. The zero-order valence-corrected chi connectivity index (χ0v) is 13.7. The minimum Gasteiger partial charge on any atom is -0.354 e. The molecule has 2 N–H and O–H groups in total. The third kappa shape index (κ3) is 4.50. The molecule has 0 aromatic carbocycles. The van der Waals surface area contributed by atoms with E-state index in [2.05, 4.69) is 15.6 Å². The monoisotopic (exact) mass is 307 g/mol. The molecule has 0 aliphatic heterocycles. The second-order valence-corrected chi connectivity index (χ2v) is 6.75. The summed E-state index contributed by atoms with van der Waals surface area (Å²) in [5.74, 6) is 0.258. The molecule has 1 aromatic rings. The molecule has 0 spiro atoms. The number of rotatable bonds is 6. The minimum atomic E-state index is -0.700. The Morgan fingerprint density at radius 3 is 2.68 bits per heavy atom. The first-order valence-electron chi connectivity index (χ1n) is 8.06. The zero-order chi connectivity index (χ0) is 16.2. The Morgan fingerprint density at radius 1 is 1.41 bits per heavy atom. The van der Waals surface area contributed by atoms with Crippen LogP contribution in [0.25, 0.3) is 0 Å². The summed E-state index contributed by atoms with van der Waals surface area (Å²) in [6.45, 7) is 6.40. The maximum Gasteiger partial charge on any atom is 0.239 e. The highest BCUT2D eigenvalue weighted by molar-refractivity contribution is 5.85. The van der Waals surface area contributed by atoms with Crippen molar-refractivity contribution in [2.24, 2.45) is 5.92 Å². The molecule has 0 saturated heterocycles. The number of carbonyl (C=O) groups is 1. The quantitative estimate of drug-likeness (QED) is 0.849. The van der Waals surface area contributed by atoms with Crippen LogP contribution in [-0.2, 0) is 4.79 Å². The van der Waals surface area contributed by atoms with Crippen LogP contribution in [0.3, 0.4) is 0 Å². The van der Waals surface area contributed by atoms with Crippen molar-refractivity contribution in [3.05, 3.63) is 29.8 Å². The van der Waals surface area contributed by atoms with E-state index in [9.17, 15) is 9.18 Å². The van der Waals surface area contributed by atoms with E-state index in [0.717, 1.165) is 12.2 Å². The Morgan fingerprint density at radius 2 is 2.09 bits per heavy atom. The predicted molar refractivity (Wildman–Crippen MR) is 84.8 cm³/mol. The molecule has 4 nitrogen and oxygen atoms in total. The van der Waals surface area contributed by atoms with Crippen molar-refractivity contribution in [3.8, 4) is 0 Å². The fraction of sp³-hybridized carbons (Fsp3) is 0.647. The van der Waals surface area contributed by atoms with Crippen LogP contribution in [0.15, 0.2) is 18.3 Å². The lowest BCUT2D eigenvalue weighted by molar-refractivity contribution is -0.126. The number of carbonyl (C=O) groups excluding carboxylic acids is 1. The van der Waals surface area contributed by atoms with Gasteiger partial charge in [-0.2, -0.15) is 0 Å². The summed E-state index contributed by atoms with van der Waals surface area (Å²) in [4.78, 5) is 16.4. The molecule has 2 rings (SSSR count). The first-order valence-corrected chi connectivity index (χ1v) is 8.06. The van der Waals surface area contributed by atoms with Crippen LogP contribution in [0.1, 0.15) is 58.2 Å². The van der Waals surface area contributed by atoms with E-state index in [1.165, 1.54) is 37.9 Å². The van der Waals surface area contributed by atoms with E-state index in [0.29, 0.717) is 5.92 Å². The van der Waals surface area contributed by atoms with Crippen molar-refractivity contribution >= 4 is 5.91 Å². The summed E-state index contributed by atoms with van der Waals surface area (Å²) in [5.41, 5.74) is 0.0201. The van der Waals surface area contributed by atoms with Gasteiger partial charge in [-0.05, 0) is 51.7 Å². The highest BCUT2D eigenvalue weighted by atomic mass is 19.1. The summed E-state index contributed by atoms with van der Waals surface area (Å²) in [7, 11) is 0. The molecule has 1 aromatic heterocycles. The third-order valence-corrected chi connectivity index (χ3v) is 4.36. The molecule has 0 radical (unpaired) electrons. The van der Waals surface area contributed by atoms with E-state index >= 15 is 0 Å². The van der Waals surface area contributed by atoms with Crippen LogP contribution in [0.4, 0.5) is 4.39 Å². The van der Waals surface area contributed by atoms with Gasteiger partial charge in [-0.25, -0.2) is 4.39 Å². The highest BCUT2D eigenvalue weighted by Crippen LogP contribution is 2.24. The number of halogens is 1. The molecule has 0 unspecified atom stereocenters. The average molecular weight is 307 g/mol. The molecule has 1 heterocycles. The van der Waals surface area contributed by atoms with Gasteiger partial charge < -0.3 is 5.32 Å². The molecule has 1 aliphatic carbocycles. The maximum absolute atomic E-state index is 12.9. The Kier molecular flexibility index (Phi) is 5.51. The molecular formula is C17H26FN3O. The van der Waals surface area contributed by atoms with E-state index in [1.54, 1.807) is 6.07 Å². The lowest BCUT2D eigenvalue weighted by Gasteiger charge is -2.29. The SMILES string of the molecule is C[C@@H](NC(C)(C)C(=O)NCC1CCCC1)c1ccc(F)cn1. The van der Waals surface area contributed by atoms with Gasteiger partial charge in [0.2, 0.25) is 5.91 Å². The Bertz CT molecular complexity index is 495. The summed E-state index contributed by atoms with van der Waals surface area (Å²) in [6, 6.07) is 2.89. The summed E-state index contributed by atoms with van der Waals surface area (Å²) >= 11 is 0. The third-order valence-electron chi connectivity index (χ3n) is 4.36. The first-order chi connectivity index (χ1) is 10.4. The van der Waals surface area contributed by atoms with E-state index in [1.807, 2.05) is 20.8 Å². The fourth-order valence-electron chi connectivity index (χ4n) is 3.00. The topological polar surface area (TPSA) is 54.0 Å². The number of pyridine rings is 1. The Balaban J connectivity index is 1.87. The van der Waals surface area contributed by atoms with Crippen LogP contribution in [0.5, 0.6) is 0 Å². The Hall–Kier alpha value is -1.49. The number of hydrogen-bond acceptors (Lipinski definition) is 3. The van der Waals surface area contributed by atoms with Gasteiger partial charge in [0.05, 0.1) is 17.4 Å². The summed E-state index contributed by atoms with van der Waals surface area (Å²) < 4.78 is 12.9. The average Bonchev–Trinajstić information content (AvgIpc) is 2.98. The second-order valence-electron chi connectivity index (χ2n) is 6.75. The smallest absolute Gasteiger partial charge is 0.239 e. The molecule has 1 atom stereocenters. The lowest BCUT2D eigenvalue weighted by atomic mass is 10.0. The van der Waals surface area contributed by atoms with Gasteiger partial charge in [-0.1, -0.05) is 12.8 Å². The predicted octanol–water partition coefficient (Wildman–Crippen LogP) is 2.96. The largest absolute Gasteiger partial charge is 0.354 e. The molecular weight excluding hydrogens is 281 g/mol. The van der Waals surface area contributed by atoms with Crippen LogP contribution in [0.2, 0.25) is 0 Å². The van der Waals surface area contributed by atoms with Crippen LogP contribution >= 0.6 is 0 Å². The number of amides is 1. The lowest BCUT2D eigenvalue weighted by Crippen LogP contribution is -2.54. The molecule has 1 saturated carbocycles. The van der Waals surface area contributed by atoms with Gasteiger partial charge in [-0.15, -0.1) is 0 Å². The molecule has 1 amide bonds. The molecule has 5 heteroatoms. The van der Waals surface area contributed by atoms with Crippen molar-refractivity contribution in [3.63, 3.8) is 0 Å². The van der Waals surface area contributed by atoms with Crippen LogP contribution in [0, 0.1) is 11.7 Å². The number of nitrogens with one attached hydrogen (secondary N) is 2. The van der Waals surface area contributed by atoms with Crippen molar-refractivity contribution < 1.29 is 9.18 Å². The van der Waals surface area contributed by atoms with Gasteiger partial charge >= 0.3 is 0 Å². The second kappa shape index (κ2) is 7.18. The van der Waals surface area contributed by atoms with Crippen molar-refractivity contribution in [1.82, 2.24) is 15.6 Å². The Labute approximate surface area is 131 Å². The summed E-state index contributed by atoms with van der Waals surface area (Å²) in [6.07, 6.45) is 6.17. The fourth-order valence-corrected chi connectivity index (χ4v) is 3.00. The number of hydrogen-bond donors (Lipinski definition) is 2. The summed E-state index contributed by atoms with van der Waals surface area (Å²) in [5, 5.41) is 6.32. The van der Waals surface area contributed by atoms with Gasteiger partial charge in [0.15, 0.2) is 0 Å². The van der Waals surface area contributed by atoms with Crippen LogP contribution in [-0.4, -0.2) is 23.0 Å². The van der Waals surface area contributed by atoms with Crippen molar-refractivity contribution in [2.75, 3.05) is 6.54 Å². The molecule has 1 aliphatic rings. The van der Waals surface area contributed by atoms with Crippen molar-refractivity contribution in [2.45, 2.75) is 58.0 Å². The van der Waals surface area contributed by atoms with Gasteiger partial charge in [0.25, 0.3) is 0 Å². The molecule has 1 fully saturated rings. The van der Waals surface area contributed by atoms with Gasteiger partial charge in [-0.3, -0.25) is 15.1 Å². The van der Waals surface area contributed by atoms with Gasteiger partial charge in [0.1, 0.15) is 5.82 Å². The van der Waals surface area contributed by atoms with Gasteiger partial charge in [0, 0.05) is 12.6 Å². The minimum absolute atomic E-state index is 0.00615. The molecule has 22 heavy (non-hydrogen) atoms.